The van der Waals surface area contributed by atoms with Gasteiger partial charge in [-0.3, -0.25) is 4.79 Å². The standard InChI is InChI=1S/C30H21Br2N3O4/c1-18-7-9-19(10-8-18)28-34-26-6-4-3-5-24(26)29(36)35(28)33-17-21-15-22(31)16-25(32)27(21)39-30(37)20-11-13-23(38-2)14-12-20/h3-17H,1-2H3. The topological polar surface area (TPSA) is 82.8 Å². The van der Waals surface area contributed by atoms with Crippen LogP contribution in [0.3, 0.4) is 0 Å². The van der Waals surface area contributed by atoms with E-state index in [2.05, 4.69) is 37.0 Å². The van der Waals surface area contributed by atoms with E-state index in [9.17, 15) is 9.59 Å². The van der Waals surface area contributed by atoms with Gasteiger partial charge in [0.2, 0.25) is 0 Å². The van der Waals surface area contributed by atoms with Crippen LogP contribution in [0.5, 0.6) is 11.5 Å². The van der Waals surface area contributed by atoms with E-state index in [0.29, 0.717) is 38.1 Å². The zero-order valence-electron chi connectivity index (χ0n) is 20.9. The van der Waals surface area contributed by atoms with Crippen molar-refractivity contribution < 1.29 is 14.3 Å². The molecule has 39 heavy (non-hydrogen) atoms. The number of ether oxygens (including phenoxy) is 2. The molecule has 0 unspecified atom stereocenters. The molecule has 0 aliphatic heterocycles. The monoisotopic (exact) mass is 645 g/mol. The normalized spacial score (nSPS) is 11.2. The molecule has 7 nitrogen and oxygen atoms in total. The van der Waals surface area contributed by atoms with Gasteiger partial charge in [-0.25, -0.2) is 9.78 Å². The second-order valence-electron chi connectivity index (χ2n) is 8.60. The minimum absolute atomic E-state index is 0.251. The first-order chi connectivity index (χ1) is 18.8. The second kappa shape index (κ2) is 11.3. The van der Waals surface area contributed by atoms with Crippen LogP contribution < -0.4 is 15.0 Å². The first kappa shape index (κ1) is 26.5. The Labute approximate surface area is 241 Å². The molecule has 0 N–H and O–H groups in total. The van der Waals surface area contributed by atoms with Crippen molar-refractivity contribution in [3.63, 3.8) is 0 Å². The number of hydrogen-bond donors (Lipinski definition) is 0. The number of methoxy groups -OCH3 is 1. The fourth-order valence-corrected chi connectivity index (χ4v) is 5.24. The Hall–Kier alpha value is -4.08. The number of nitrogens with zero attached hydrogens (tertiary/aromatic N) is 3. The van der Waals surface area contributed by atoms with E-state index in [4.69, 9.17) is 14.5 Å². The van der Waals surface area contributed by atoms with Crippen molar-refractivity contribution in [1.82, 2.24) is 9.66 Å². The van der Waals surface area contributed by atoms with Gasteiger partial charge >= 0.3 is 5.97 Å². The Bertz CT molecular complexity index is 1780. The molecule has 0 atom stereocenters. The predicted octanol–water partition coefficient (Wildman–Crippen LogP) is 7.01. The Kier molecular flexibility index (Phi) is 7.72. The van der Waals surface area contributed by atoms with Gasteiger partial charge < -0.3 is 9.47 Å². The van der Waals surface area contributed by atoms with Gasteiger partial charge in [-0.1, -0.05) is 57.9 Å². The van der Waals surface area contributed by atoms with Crippen molar-refractivity contribution in [1.29, 1.82) is 0 Å². The minimum Gasteiger partial charge on any atom is -0.497 e. The van der Waals surface area contributed by atoms with E-state index in [-0.39, 0.29) is 11.3 Å². The van der Waals surface area contributed by atoms with Crippen molar-refractivity contribution in [2.24, 2.45) is 5.10 Å². The Morgan fingerprint density at radius 1 is 0.974 bits per heavy atom. The number of halogens is 2. The van der Waals surface area contributed by atoms with Gasteiger partial charge in [-0.05, 0) is 71.4 Å². The molecule has 0 spiro atoms. The lowest BCUT2D eigenvalue weighted by Gasteiger charge is -2.12. The van der Waals surface area contributed by atoms with Crippen LogP contribution in [0.25, 0.3) is 22.3 Å². The van der Waals surface area contributed by atoms with Crippen molar-refractivity contribution in [2.45, 2.75) is 6.92 Å². The van der Waals surface area contributed by atoms with Crippen LogP contribution in [0.2, 0.25) is 0 Å². The minimum atomic E-state index is -0.555. The highest BCUT2D eigenvalue weighted by molar-refractivity contribution is 9.11. The molecule has 0 saturated heterocycles. The van der Waals surface area contributed by atoms with Crippen LogP contribution >= 0.6 is 31.9 Å². The summed E-state index contributed by atoms with van der Waals surface area (Å²) in [5.41, 5.74) is 2.89. The van der Waals surface area contributed by atoms with E-state index in [1.807, 2.05) is 37.3 Å². The molecule has 1 heterocycles. The maximum atomic E-state index is 13.5. The number of carbonyl (C=O) groups excluding carboxylic acids is 1. The summed E-state index contributed by atoms with van der Waals surface area (Å²) in [7, 11) is 1.55. The van der Waals surface area contributed by atoms with Gasteiger partial charge in [0.05, 0.1) is 34.3 Å². The summed E-state index contributed by atoms with van der Waals surface area (Å²) in [5, 5.41) is 4.97. The molecule has 4 aromatic carbocycles. The molecule has 0 fully saturated rings. The molecule has 0 amide bonds. The molecule has 5 rings (SSSR count). The lowest BCUT2D eigenvalue weighted by molar-refractivity contribution is 0.0733. The number of esters is 1. The van der Waals surface area contributed by atoms with Gasteiger partial charge in [0.1, 0.15) is 5.75 Å². The first-order valence-corrected chi connectivity index (χ1v) is 13.4. The number of aromatic nitrogens is 2. The van der Waals surface area contributed by atoms with E-state index in [1.165, 1.54) is 10.9 Å². The highest BCUT2D eigenvalue weighted by Crippen LogP contribution is 2.33. The average molecular weight is 647 g/mol. The number of carbonyl (C=O) groups is 1. The van der Waals surface area contributed by atoms with E-state index < -0.39 is 5.97 Å². The van der Waals surface area contributed by atoms with E-state index in [0.717, 1.165) is 15.6 Å². The lowest BCUT2D eigenvalue weighted by atomic mass is 10.1. The Morgan fingerprint density at radius 3 is 2.41 bits per heavy atom. The van der Waals surface area contributed by atoms with Gasteiger partial charge in [0.15, 0.2) is 11.6 Å². The van der Waals surface area contributed by atoms with Crippen molar-refractivity contribution >= 4 is 54.9 Å². The van der Waals surface area contributed by atoms with Crippen LogP contribution in [0.4, 0.5) is 0 Å². The van der Waals surface area contributed by atoms with Crippen LogP contribution in [-0.4, -0.2) is 29.0 Å². The number of fused-ring (bicyclic) bond motifs is 1. The molecule has 0 saturated carbocycles. The van der Waals surface area contributed by atoms with Crippen LogP contribution in [0.1, 0.15) is 21.5 Å². The summed E-state index contributed by atoms with van der Waals surface area (Å²) >= 11 is 6.96. The zero-order chi connectivity index (χ0) is 27.5. The molecule has 5 aromatic rings. The molecule has 0 bridgehead atoms. The summed E-state index contributed by atoms with van der Waals surface area (Å²) in [4.78, 5) is 31.2. The maximum Gasteiger partial charge on any atom is 0.343 e. The summed E-state index contributed by atoms with van der Waals surface area (Å²) in [5.74, 6) is 0.713. The molecule has 194 valence electrons. The summed E-state index contributed by atoms with van der Waals surface area (Å²) < 4.78 is 13.4. The predicted molar refractivity (Wildman–Crippen MR) is 159 cm³/mol. The Morgan fingerprint density at radius 2 is 1.69 bits per heavy atom. The first-order valence-electron chi connectivity index (χ1n) is 11.8. The zero-order valence-corrected chi connectivity index (χ0v) is 24.1. The average Bonchev–Trinajstić information content (AvgIpc) is 2.94. The molecule has 0 aliphatic carbocycles. The number of benzene rings is 4. The smallest absolute Gasteiger partial charge is 0.343 e. The van der Waals surface area contributed by atoms with Crippen molar-refractivity contribution in [3.05, 3.63) is 121 Å². The largest absolute Gasteiger partial charge is 0.497 e. The summed E-state index contributed by atoms with van der Waals surface area (Å²) in [6, 6.07) is 24.9. The third kappa shape index (κ3) is 5.69. The Balaban J connectivity index is 1.60. The third-order valence-electron chi connectivity index (χ3n) is 5.93. The van der Waals surface area contributed by atoms with Crippen molar-refractivity contribution in [2.75, 3.05) is 7.11 Å². The number of hydrogen-bond acceptors (Lipinski definition) is 6. The van der Waals surface area contributed by atoms with Crippen LogP contribution in [0, 0.1) is 6.92 Å². The fraction of sp³-hybridized carbons (Fsp3) is 0.0667. The van der Waals surface area contributed by atoms with Crippen LogP contribution in [0.15, 0.2) is 104 Å². The van der Waals surface area contributed by atoms with Gasteiger partial charge in [-0.2, -0.15) is 9.78 Å². The molecule has 0 radical (unpaired) electrons. The molecule has 9 heteroatoms. The number of rotatable bonds is 6. The quantitative estimate of drug-likeness (QED) is 0.113. The van der Waals surface area contributed by atoms with E-state index >= 15 is 0 Å². The molecule has 1 aromatic heterocycles. The van der Waals surface area contributed by atoms with E-state index in [1.54, 1.807) is 61.7 Å². The fourth-order valence-electron chi connectivity index (χ4n) is 3.90. The summed E-state index contributed by atoms with van der Waals surface area (Å²) in [6.45, 7) is 1.99. The molecular weight excluding hydrogens is 626 g/mol. The number of aryl methyl sites for hydroxylation is 1. The van der Waals surface area contributed by atoms with Crippen LogP contribution in [-0.2, 0) is 0 Å². The summed E-state index contributed by atoms with van der Waals surface area (Å²) in [6.07, 6.45) is 1.47. The SMILES string of the molecule is COc1ccc(C(=O)Oc2c(Br)cc(Br)cc2C=Nn2c(-c3ccc(C)cc3)nc3ccccc3c2=O)cc1. The van der Waals surface area contributed by atoms with Crippen molar-refractivity contribution in [3.8, 4) is 22.9 Å². The van der Waals surface area contributed by atoms with Gasteiger partial charge in [0, 0.05) is 15.6 Å². The number of para-hydroxylation sites is 1. The lowest BCUT2D eigenvalue weighted by Crippen LogP contribution is -2.20. The molecular formula is C30H21Br2N3O4. The molecule has 0 aliphatic rings. The second-order valence-corrected chi connectivity index (χ2v) is 10.4. The highest BCUT2D eigenvalue weighted by atomic mass is 79.9. The van der Waals surface area contributed by atoms with Gasteiger partial charge in [0.25, 0.3) is 5.56 Å². The third-order valence-corrected chi connectivity index (χ3v) is 6.98. The highest BCUT2D eigenvalue weighted by Gasteiger charge is 2.17. The van der Waals surface area contributed by atoms with Gasteiger partial charge in [-0.15, -0.1) is 0 Å². The maximum absolute atomic E-state index is 13.5.